The number of hydrogen-bond acceptors (Lipinski definition) is 2. The second kappa shape index (κ2) is 5.60. The zero-order valence-corrected chi connectivity index (χ0v) is 12.0. The second-order valence-electron chi connectivity index (χ2n) is 6.64. The first-order valence-electron chi connectivity index (χ1n) is 7.58. The summed E-state index contributed by atoms with van der Waals surface area (Å²) in [4.78, 5) is 14.4. The molecule has 1 saturated heterocycles. The van der Waals surface area contributed by atoms with E-state index in [1.807, 2.05) is 4.90 Å². The van der Waals surface area contributed by atoms with Gasteiger partial charge < -0.3 is 10.6 Å². The van der Waals surface area contributed by atoms with Crippen LogP contribution in [-0.4, -0.2) is 28.9 Å². The van der Waals surface area contributed by atoms with Crippen molar-refractivity contribution >= 4 is 5.91 Å². The lowest BCUT2D eigenvalue weighted by atomic mass is 9.85. The molecule has 1 saturated carbocycles. The fraction of sp³-hybridized carbons (Fsp3) is 0.933. The van der Waals surface area contributed by atoms with Crippen LogP contribution in [0.25, 0.3) is 0 Å². The molecule has 2 fully saturated rings. The number of carbonyl (C=O) groups is 1. The molecular weight excluding hydrogens is 224 g/mol. The standard InChI is InChI=1S/C15H28N2O/c1-15(2)13(16)8-5-11-17(15)14(18)10-9-12-6-3-4-7-12/h12-13H,3-11,16H2,1-2H3. The van der Waals surface area contributed by atoms with E-state index in [1.165, 1.54) is 25.7 Å². The molecule has 0 aromatic heterocycles. The molecule has 0 spiro atoms. The molecule has 2 rings (SSSR count). The zero-order chi connectivity index (χ0) is 13.2. The van der Waals surface area contributed by atoms with Crippen LogP contribution < -0.4 is 5.73 Å². The summed E-state index contributed by atoms with van der Waals surface area (Å²) in [6.45, 7) is 5.12. The molecule has 2 aliphatic rings. The average Bonchev–Trinajstić information content (AvgIpc) is 2.82. The SMILES string of the molecule is CC1(C)C(N)CCCN1C(=O)CCC1CCCC1. The number of piperidine rings is 1. The van der Waals surface area contributed by atoms with Crippen LogP contribution in [0.15, 0.2) is 0 Å². The van der Waals surface area contributed by atoms with Crippen LogP contribution in [0.2, 0.25) is 0 Å². The van der Waals surface area contributed by atoms with E-state index in [2.05, 4.69) is 13.8 Å². The molecule has 0 bridgehead atoms. The van der Waals surface area contributed by atoms with Crippen molar-refractivity contribution in [3.63, 3.8) is 0 Å². The molecule has 2 N–H and O–H groups in total. The van der Waals surface area contributed by atoms with E-state index >= 15 is 0 Å². The quantitative estimate of drug-likeness (QED) is 0.839. The van der Waals surface area contributed by atoms with Gasteiger partial charge in [0.15, 0.2) is 0 Å². The van der Waals surface area contributed by atoms with Gasteiger partial charge in [0.1, 0.15) is 0 Å². The van der Waals surface area contributed by atoms with Gasteiger partial charge in [-0.05, 0) is 39.0 Å². The Kier molecular flexibility index (Phi) is 4.31. The van der Waals surface area contributed by atoms with Gasteiger partial charge in [0.05, 0.1) is 5.54 Å². The van der Waals surface area contributed by atoms with E-state index in [0.717, 1.165) is 38.1 Å². The molecule has 1 amide bonds. The minimum absolute atomic E-state index is 0.127. The van der Waals surface area contributed by atoms with Crippen molar-refractivity contribution in [1.82, 2.24) is 4.90 Å². The van der Waals surface area contributed by atoms with E-state index in [1.54, 1.807) is 0 Å². The highest BCUT2D eigenvalue weighted by atomic mass is 16.2. The van der Waals surface area contributed by atoms with Crippen LogP contribution in [0.1, 0.15) is 65.2 Å². The van der Waals surface area contributed by atoms with Crippen LogP contribution in [0, 0.1) is 5.92 Å². The highest BCUT2D eigenvalue weighted by Gasteiger charge is 2.38. The molecule has 3 nitrogen and oxygen atoms in total. The van der Waals surface area contributed by atoms with Gasteiger partial charge in [-0.25, -0.2) is 0 Å². The molecule has 0 aromatic carbocycles. The predicted octanol–water partition coefficient (Wildman–Crippen LogP) is 2.69. The Balaban J connectivity index is 1.87. The molecule has 1 aliphatic carbocycles. The summed E-state index contributed by atoms with van der Waals surface area (Å²) in [7, 11) is 0. The third-order valence-corrected chi connectivity index (χ3v) is 5.04. The second-order valence-corrected chi connectivity index (χ2v) is 6.64. The summed E-state index contributed by atoms with van der Waals surface area (Å²) in [6, 6.07) is 0.127. The first-order chi connectivity index (χ1) is 8.51. The van der Waals surface area contributed by atoms with Crippen LogP contribution in [0.3, 0.4) is 0 Å². The van der Waals surface area contributed by atoms with Gasteiger partial charge in [0.2, 0.25) is 5.91 Å². The lowest BCUT2D eigenvalue weighted by Gasteiger charge is -2.46. The minimum atomic E-state index is -0.162. The average molecular weight is 252 g/mol. The fourth-order valence-corrected chi connectivity index (χ4v) is 3.52. The highest BCUT2D eigenvalue weighted by Crippen LogP contribution is 2.31. The first kappa shape index (κ1) is 13.9. The smallest absolute Gasteiger partial charge is 0.223 e. The van der Waals surface area contributed by atoms with Gasteiger partial charge in [-0.1, -0.05) is 25.7 Å². The van der Waals surface area contributed by atoms with Crippen molar-refractivity contribution in [2.45, 2.75) is 76.8 Å². The van der Waals surface area contributed by atoms with E-state index in [9.17, 15) is 4.79 Å². The van der Waals surface area contributed by atoms with Gasteiger partial charge in [0.25, 0.3) is 0 Å². The van der Waals surface area contributed by atoms with Gasteiger partial charge in [0, 0.05) is 19.0 Å². The van der Waals surface area contributed by atoms with Crippen molar-refractivity contribution < 1.29 is 4.79 Å². The van der Waals surface area contributed by atoms with Gasteiger partial charge in [-0.3, -0.25) is 4.79 Å². The lowest BCUT2D eigenvalue weighted by molar-refractivity contribution is -0.139. The van der Waals surface area contributed by atoms with Gasteiger partial charge >= 0.3 is 0 Å². The molecule has 18 heavy (non-hydrogen) atoms. The normalized spacial score (nSPS) is 28.6. The highest BCUT2D eigenvalue weighted by molar-refractivity contribution is 5.77. The topological polar surface area (TPSA) is 46.3 Å². The summed E-state index contributed by atoms with van der Waals surface area (Å²) in [5.41, 5.74) is 6.00. The Morgan fingerprint density at radius 1 is 1.22 bits per heavy atom. The van der Waals surface area contributed by atoms with E-state index < -0.39 is 0 Å². The van der Waals surface area contributed by atoms with Crippen molar-refractivity contribution in [1.29, 1.82) is 0 Å². The summed E-state index contributed by atoms with van der Waals surface area (Å²) in [5, 5.41) is 0. The third-order valence-electron chi connectivity index (χ3n) is 5.04. The number of carbonyl (C=O) groups excluding carboxylic acids is 1. The molecule has 104 valence electrons. The Bertz CT molecular complexity index is 295. The van der Waals surface area contributed by atoms with E-state index in [4.69, 9.17) is 5.73 Å². The molecule has 3 heteroatoms. The monoisotopic (exact) mass is 252 g/mol. The summed E-state index contributed by atoms with van der Waals surface area (Å²) >= 11 is 0. The summed E-state index contributed by atoms with van der Waals surface area (Å²) in [6.07, 6.45) is 9.28. The number of hydrogen-bond donors (Lipinski definition) is 1. The molecule has 0 aromatic rings. The van der Waals surface area contributed by atoms with Crippen molar-refractivity contribution in [3.8, 4) is 0 Å². The summed E-state index contributed by atoms with van der Waals surface area (Å²) in [5.74, 6) is 1.12. The van der Waals surface area contributed by atoms with Crippen LogP contribution in [0.5, 0.6) is 0 Å². The molecular formula is C15H28N2O. The molecule has 0 radical (unpaired) electrons. The Morgan fingerprint density at radius 2 is 1.89 bits per heavy atom. The van der Waals surface area contributed by atoms with Crippen molar-refractivity contribution in [2.24, 2.45) is 11.7 Å². The van der Waals surface area contributed by atoms with Crippen molar-refractivity contribution in [3.05, 3.63) is 0 Å². The molecule has 1 heterocycles. The molecule has 1 atom stereocenters. The number of rotatable bonds is 3. The maximum absolute atomic E-state index is 12.4. The van der Waals surface area contributed by atoms with E-state index in [0.29, 0.717) is 5.91 Å². The molecule has 1 unspecified atom stereocenters. The summed E-state index contributed by atoms with van der Waals surface area (Å²) < 4.78 is 0. The predicted molar refractivity (Wildman–Crippen MR) is 74.2 cm³/mol. The van der Waals surface area contributed by atoms with Crippen LogP contribution in [0.4, 0.5) is 0 Å². The van der Waals surface area contributed by atoms with Crippen LogP contribution >= 0.6 is 0 Å². The van der Waals surface area contributed by atoms with Gasteiger partial charge in [-0.2, -0.15) is 0 Å². The fourth-order valence-electron chi connectivity index (χ4n) is 3.52. The number of amides is 1. The van der Waals surface area contributed by atoms with Crippen LogP contribution in [-0.2, 0) is 4.79 Å². The maximum atomic E-state index is 12.4. The zero-order valence-electron chi connectivity index (χ0n) is 12.0. The maximum Gasteiger partial charge on any atom is 0.223 e. The minimum Gasteiger partial charge on any atom is -0.336 e. The Hall–Kier alpha value is -0.570. The molecule has 1 aliphatic heterocycles. The van der Waals surface area contributed by atoms with Gasteiger partial charge in [-0.15, -0.1) is 0 Å². The lowest BCUT2D eigenvalue weighted by Crippen LogP contribution is -2.61. The number of likely N-dealkylation sites (tertiary alicyclic amines) is 1. The number of nitrogens with two attached hydrogens (primary N) is 1. The largest absolute Gasteiger partial charge is 0.336 e. The van der Waals surface area contributed by atoms with E-state index in [-0.39, 0.29) is 11.6 Å². The number of nitrogens with zero attached hydrogens (tertiary/aromatic N) is 1. The first-order valence-corrected chi connectivity index (χ1v) is 7.58. The third kappa shape index (κ3) is 2.87. The Morgan fingerprint density at radius 3 is 2.56 bits per heavy atom. The Labute approximate surface area is 111 Å². The van der Waals surface area contributed by atoms with Crippen molar-refractivity contribution in [2.75, 3.05) is 6.54 Å².